The van der Waals surface area contributed by atoms with Crippen molar-refractivity contribution < 1.29 is 0 Å². The lowest BCUT2D eigenvalue weighted by molar-refractivity contribution is 0.874. The van der Waals surface area contributed by atoms with Gasteiger partial charge in [0, 0.05) is 12.4 Å². The van der Waals surface area contributed by atoms with Gasteiger partial charge in [-0.25, -0.2) is 0 Å². The van der Waals surface area contributed by atoms with Gasteiger partial charge in [0.05, 0.1) is 17.3 Å². The molecule has 0 radical (unpaired) electrons. The first-order valence-corrected chi connectivity index (χ1v) is 5.88. The maximum Gasteiger partial charge on any atom is 0.101 e. The lowest BCUT2D eigenvalue weighted by atomic mass is 10.1. The molecule has 0 saturated heterocycles. The third kappa shape index (κ3) is 2.67. The van der Waals surface area contributed by atoms with E-state index in [0.29, 0.717) is 5.56 Å². The van der Waals surface area contributed by atoms with Gasteiger partial charge in [0.2, 0.25) is 0 Å². The van der Waals surface area contributed by atoms with Gasteiger partial charge < -0.3 is 5.32 Å². The van der Waals surface area contributed by atoms with Crippen molar-refractivity contribution in [3.8, 4) is 6.07 Å². The van der Waals surface area contributed by atoms with E-state index in [2.05, 4.69) is 23.3 Å². The van der Waals surface area contributed by atoms with Gasteiger partial charge in [0.15, 0.2) is 0 Å². The molecule has 0 amide bonds. The van der Waals surface area contributed by atoms with Gasteiger partial charge in [-0.2, -0.15) is 5.26 Å². The van der Waals surface area contributed by atoms with Crippen LogP contribution >= 0.6 is 0 Å². The van der Waals surface area contributed by atoms with Gasteiger partial charge in [-0.3, -0.25) is 4.98 Å². The molecule has 0 spiro atoms. The van der Waals surface area contributed by atoms with E-state index in [0.717, 1.165) is 16.8 Å². The smallest absolute Gasteiger partial charge is 0.101 e. The van der Waals surface area contributed by atoms with E-state index in [1.54, 1.807) is 6.20 Å². The Morgan fingerprint density at radius 1 is 1.33 bits per heavy atom. The lowest BCUT2D eigenvalue weighted by Gasteiger charge is -2.16. The first-order chi connectivity index (χ1) is 8.70. The number of rotatable bonds is 3. The lowest BCUT2D eigenvalue weighted by Crippen LogP contribution is -2.08. The molecule has 2 aromatic rings. The molecule has 0 aliphatic carbocycles. The van der Waals surface area contributed by atoms with Crippen LogP contribution in [0.2, 0.25) is 0 Å². The summed E-state index contributed by atoms with van der Waals surface area (Å²) in [7, 11) is 0. The van der Waals surface area contributed by atoms with Gasteiger partial charge in [-0.15, -0.1) is 0 Å². The average molecular weight is 237 g/mol. The summed E-state index contributed by atoms with van der Waals surface area (Å²) in [6.07, 6.45) is 3.59. The van der Waals surface area contributed by atoms with E-state index in [4.69, 9.17) is 5.26 Å². The fourth-order valence-electron chi connectivity index (χ4n) is 1.82. The van der Waals surface area contributed by atoms with Crippen LogP contribution in [-0.2, 0) is 0 Å². The van der Waals surface area contributed by atoms with Gasteiger partial charge in [0.1, 0.15) is 6.07 Å². The summed E-state index contributed by atoms with van der Waals surface area (Å²) < 4.78 is 0. The highest BCUT2D eigenvalue weighted by atomic mass is 14.9. The number of hydrogen-bond donors (Lipinski definition) is 1. The molecule has 0 aliphatic heterocycles. The van der Waals surface area contributed by atoms with Gasteiger partial charge in [0.25, 0.3) is 0 Å². The molecular weight excluding hydrogens is 222 g/mol. The van der Waals surface area contributed by atoms with Crippen LogP contribution in [0.5, 0.6) is 0 Å². The maximum absolute atomic E-state index is 9.09. The van der Waals surface area contributed by atoms with Crippen LogP contribution in [0.3, 0.4) is 0 Å². The molecule has 1 aromatic carbocycles. The van der Waals surface area contributed by atoms with Crippen molar-refractivity contribution >= 4 is 5.69 Å². The summed E-state index contributed by atoms with van der Waals surface area (Å²) in [5.74, 6) is 0. The Morgan fingerprint density at radius 2 is 2.17 bits per heavy atom. The van der Waals surface area contributed by atoms with Crippen LogP contribution in [0.25, 0.3) is 0 Å². The molecule has 3 nitrogen and oxygen atoms in total. The average Bonchev–Trinajstić information content (AvgIpc) is 2.40. The number of benzene rings is 1. The molecule has 18 heavy (non-hydrogen) atoms. The van der Waals surface area contributed by atoms with E-state index in [-0.39, 0.29) is 6.04 Å². The topological polar surface area (TPSA) is 48.7 Å². The largest absolute Gasteiger partial charge is 0.377 e. The maximum atomic E-state index is 9.09. The fourth-order valence-corrected chi connectivity index (χ4v) is 1.82. The van der Waals surface area contributed by atoms with Crippen LogP contribution in [0.15, 0.2) is 42.7 Å². The minimum atomic E-state index is 0.118. The zero-order chi connectivity index (χ0) is 13.0. The molecule has 2 rings (SSSR count). The molecule has 0 bridgehead atoms. The normalized spacial score (nSPS) is 11.6. The molecule has 90 valence electrons. The van der Waals surface area contributed by atoms with Crippen LogP contribution in [0.1, 0.15) is 29.7 Å². The highest BCUT2D eigenvalue weighted by molar-refractivity contribution is 5.59. The van der Waals surface area contributed by atoms with Crippen molar-refractivity contribution in [3.63, 3.8) is 0 Å². The Bertz CT molecular complexity index is 570. The summed E-state index contributed by atoms with van der Waals surface area (Å²) >= 11 is 0. The van der Waals surface area contributed by atoms with Gasteiger partial charge in [-0.05, 0) is 43.2 Å². The van der Waals surface area contributed by atoms with E-state index < -0.39 is 0 Å². The minimum absolute atomic E-state index is 0.118. The Kier molecular flexibility index (Phi) is 3.59. The monoisotopic (exact) mass is 237 g/mol. The van der Waals surface area contributed by atoms with Crippen LogP contribution < -0.4 is 5.32 Å². The third-order valence-electron chi connectivity index (χ3n) is 2.85. The number of nitrogens with zero attached hydrogens (tertiary/aromatic N) is 2. The summed E-state index contributed by atoms with van der Waals surface area (Å²) in [5.41, 5.74) is 3.77. The van der Waals surface area contributed by atoms with E-state index in [1.807, 2.05) is 43.5 Å². The molecule has 1 atom stereocenters. The Morgan fingerprint density at radius 3 is 2.83 bits per heavy atom. The Hall–Kier alpha value is -2.34. The van der Waals surface area contributed by atoms with E-state index >= 15 is 0 Å². The quantitative estimate of drug-likeness (QED) is 0.889. The number of nitrogens with one attached hydrogen (secondary N) is 1. The summed E-state index contributed by atoms with van der Waals surface area (Å²) in [6.45, 7) is 4.07. The second kappa shape index (κ2) is 5.33. The third-order valence-corrected chi connectivity index (χ3v) is 2.85. The van der Waals surface area contributed by atoms with Crippen molar-refractivity contribution in [2.75, 3.05) is 5.32 Å². The van der Waals surface area contributed by atoms with Crippen LogP contribution in [0.4, 0.5) is 5.69 Å². The molecule has 1 aromatic heterocycles. The molecule has 0 saturated carbocycles. The van der Waals surface area contributed by atoms with Crippen molar-refractivity contribution in [1.29, 1.82) is 5.26 Å². The van der Waals surface area contributed by atoms with Gasteiger partial charge in [-0.1, -0.05) is 12.1 Å². The molecule has 0 aliphatic rings. The number of pyridine rings is 1. The highest BCUT2D eigenvalue weighted by Gasteiger charge is 2.08. The first kappa shape index (κ1) is 12.1. The van der Waals surface area contributed by atoms with Gasteiger partial charge >= 0.3 is 0 Å². The number of aryl methyl sites for hydroxylation is 1. The highest BCUT2D eigenvalue weighted by Crippen LogP contribution is 2.22. The molecule has 1 heterocycles. The Labute approximate surface area is 107 Å². The molecule has 1 unspecified atom stereocenters. The number of anilines is 1. The van der Waals surface area contributed by atoms with Crippen LogP contribution in [-0.4, -0.2) is 4.98 Å². The SMILES string of the molecule is Cc1ccc(C#N)c(NC(C)c2cccnc2)c1. The second-order valence-corrected chi connectivity index (χ2v) is 4.31. The summed E-state index contributed by atoms with van der Waals surface area (Å²) in [5, 5.41) is 12.4. The Balaban J connectivity index is 2.24. The number of hydrogen-bond acceptors (Lipinski definition) is 3. The number of aromatic nitrogens is 1. The fraction of sp³-hybridized carbons (Fsp3) is 0.200. The molecule has 0 fully saturated rings. The van der Waals surface area contributed by atoms with Crippen molar-refractivity contribution in [2.45, 2.75) is 19.9 Å². The van der Waals surface area contributed by atoms with E-state index in [1.165, 1.54) is 0 Å². The van der Waals surface area contributed by atoms with Crippen molar-refractivity contribution in [2.24, 2.45) is 0 Å². The zero-order valence-corrected chi connectivity index (χ0v) is 10.5. The minimum Gasteiger partial charge on any atom is -0.377 e. The zero-order valence-electron chi connectivity index (χ0n) is 10.5. The summed E-state index contributed by atoms with van der Waals surface area (Å²) in [6, 6.07) is 12.0. The van der Waals surface area contributed by atoms with Crippen molar-refractivity contribution in [3.05, 3.63) is 59.4 Å². The molecular formula is C15H15N3. The molecule has 3 heteroatoms. The number of nitriles is 1. The second-order valence-electron chi connectivity index (χ2n) is 4.31. The van der Waals surface area contributed by atoms with E-state index in [9.17, 15) is 0 Å². The molecule has 1 N–H and O–H groups in total. The van der Waals surface area contributed by atoms with Crippen LogP contribution in [0, 0.1) is 18.3 Å². The predicted molar refractivity (Wildman–Crippen MR) is 72.2 cm³/mol. The summed E-state index contributed by atoms with van der Waals surface area (Å²) in [4.78, 5) is 4.10. The first-order valence-electron chi connectivity index (χ1n) is 5.88. The standard InChI is InChI=1S/C15H15N3/c1-11-5-6-13(9-16)15(8-11)18-12(2)14-4-3-7-17-10-14/h3-8,10,12,18H,1-2H3. The van der Waals surface area contributed by atoms with Crippen molar-refractivity contribution in [1.82, 2.24) is 4.98 Å². The predicted octanol–water partition coefficient (Wildman–Crippen LogP) is 3.43.